The molecule has 0 radical (unpaired) electrons. The molecule has 6 heteroatoms. The lowest BCUT2D eigenvalue weighted by Gasteiger charge is -2.27. The summed E-state index contributed by atoms with van der Waals surface area (Å²) in [5.41, 5.74) is 3.00. The highest BCUT2D eigenvalue weighted by atomic mass is 35.5. The molecule has 1 amide bonds. The monoisotopic (exact) mass is 455 g/mol. The Morgan fingerprint density at radius 3 is 2.14 bits per heavy atom. The van der Waals surface area contributed by atoms with Crippen LogP contribution in [0.25, 0.3) is 0 Å². The van der Waals surface area contributed by atoms with E-state index in [4.69, 9.17) is 39.5 Å². The zero-order chi connectivity index (χ0) is 21.6. The van der Waals surface area contributed by atoms with E-state index in [-0.39, 0.29) is 11.3 Å². The van der Waals surface area contributed by atoms with Gasteiger partial charge in [-0.05, 0) is 41.7 Å². The summed E-state index contributed by atoms with van der Waals surface area (Å²) < 4.78 is 5.68. The normalized spacial score (nSPS) is 11.4. The van der Waals surface area contributed by atoms with Crippen molar-refractivity contribution < 1.29 is 9.53 Å². The highest BCUT2D eigenvalue weighted by molar-refractivity contribution is 6.37. The van der Waals surface area contributed by atoms with E-state index in [2.05, 4.69) is 38.1 Å². The predicted molar refractivity (Wildman–Crippen MR) is 123 cm³/mol. The van der Waals surface area contributed by atoms with E-state index in [1.807, 2.05) is 12.1 Å². The molecule has 3 nitrogen and oxygen atoms in total. The third-order valence-corrected chi connectivity index (χ3v) is 5.88. The van der Waals surface area contributed by atoms with Crippen LogP contribution in [0.5, 0.6) is 5.75 Å². The first kappa shape index (κ1) is 23.9. The van der Waals surface area contributed by atoms with Crippen LogP contribution < -0.4 is 4.74 Å². The summed E-state index contributed by atoms with van der Waals surface area (Å²) in [6, 6.07) is 12.2. The fraction of sp³-hybridized carbons (Fsp3) is 0.435. The van der Waals surface area contributed by atoms with Crippen molar-refractivity contribution in [2.45, 2.75) is 38.5 Å². The molecule has 0 aliphatic carbocycles. The van der Waals surface area contributed by atoms with Gasteiger partial charge in [-0.1, -0.05) is 61.3 Å². The average molecular weight is 457 g/mol. The van der Waals surface area contributed by atoms with E-state index in [0.29, 0.717) is 34.7 Å². The Balaban J connectivity index is 2.18. The summed E-state index contributed by atoms with van der Waals surface area (Å²) in [4.78, 5) is 13.4. The van der Waals surface area contributed by atoms with Gasteiger partial charge >= 0.3 is 0 Å². The van der Waals surface area contributed by atoms with Crippen molar-refractivity contribution in [2.24, 2.45) is 0 Å². The number of halogens is 3. The zero-order valence-corrected chi connectivity index (χ0v) is 19.7. The first-order valence-corrected chi connectivity index (χ1v) is 10.9. The molecule has 0 heterocycles. The number of carbonyl (C=O) groups is 1. The van der Waals surface area contributed by atoms with Gasteiger partial charge in [0, 0.05) is 31.8 Å². The number of carbonyl (C=O) groups excluding carboxylic acids is 1. The Morgan fingerprint density at radius 2 is 1.62 bits per heavy atom. The van der Waals surface area contributed by atoms with Gasteiger partial charge in [-0.3, -0.25) is 4.79 Å². The van der Waals surface area contributed by atoms with Crippen LogP contribution in [0, 0.1) is 0 Å². The van der Waals surface area contributed by atoms with Crippen molar-refractivity contribution in [3.05, 3.63) is 63.1 Å². The smallest absolute Gasteiger partial charge is 0.222 e. The molecule has 0 saturated heterocycles. The minimum Gasteiger partial charge on any atom is -0.490 e. The number of benzene rings is 2. The van der Waals surface area contributed by atoms with Gasteiger partial charge in [-0.15, -0.1) is 11.6 Å². The molecule has 0 bridgehead atoms. The van der Waals surface area contributed by atoms with E-state index in [1.54, 1.807) is 19.0 Å². The number of aryl methyl sites for hydroxylation is 1. The molecular weight excluding hydrogens is 429 g/mol. The molecule has 0 fully saturated rings. The molecule has 2 aromatic carbocycles. The first-order chi connectivity index (χ1) is 13.7. The van der Waals surface area contributed by atoms with Gasteiger partial charge in [0.05, 0.1) is 16.7 Å². The lowest BCUT2D eigenvalue weighted by Crippen LogP contribution is -2.22. The van der Waals surface area contributed by atoms with E-state index >= 15 is 0 Å². The number of nitrogens with zero attached hydrogens (tertiary/aromatic N) is 1. The largest absolute Gasteiger partial charge is 0.490 e. The summed E-state index contributed by atoms with van der Waals surface area (Å²) in [7, 11) is 3.55. The summed E-state index contributed by atoms with van der Waals surface area (Å²) in [5.74, 6) is 1.16. The van der Waals surface area contributed by atoms with Crippen LogP contribution in [0.3, 0.4) is 0 Å². The highest BCUT2D eigenvalue weighted by Crippen LogP contribution is 2.40. The van der Waals surface area contributed by atoms with Crippen LogP contribution in [0.2, 0.25) is 10.0 Å². The van der Waals surface area contributed by atoms with Crippen LogP contribution in [0.1, 0.15) is 43.4 Å². The third kappa shape index (κ3) is 6.28. The van der Waals surface area contributed by atoms with Crippen LogP contribution in [-0.2, 0) is 16.6 Å². The maximum atomic E-state index is 11.8. The van der Waals surface area contributed by atoms with Gasteiger partial charge in [-0.2, -0.15) is 0 Å². The van der Waals surface area contributed by atoms with E-state index in [0.717, 1.165) is 29.5 Å². The van der Waals surface area contributed by atoms with Crippen LogP contribution in [0.4, 0.5) is 0 Å². The van der Waals surface area contributed by atoms with Gasteiger partial charge in [-0.25, -0.2) is 0 Å². The second-order valence-electron chi connectivity index (χ2n) is 7.77. The van der Waals surface area contributed by atoms with Crippen molar-refractivity contribution in [1.82, 2.24) is 4.90 Å². The lowest BCUT2D eigenvalue weighted by molar-refractivity contribution is -0.128. The van der Waals surface area contributed by atoms with Gasteiger partial charge < -0.3 is 9.64 Å². The molecule has 0 N–H and O–H groups in total. The molecular formula is C23H28Cl3NO2. The quantitative estimate of drug-likeness (QED) is 0.325. The number of rotatable bonds is 9. The van der Waals surface area contributed by atoms with Crippen LogP contribution in [-0.4, -0.2) is 37.4 Å². The molecule has 0 aliphatic heterocycles. The molecule has 0 saturated carbocycles. The minimum absolute atomic E-state index is 0.132. The second kappa shape index (κ2) is 10.6. The van der Waals surface area contributed by atoms with Crippen LogP contribution in [0.15, 0.2) is 36.4 Å². The third-order valence-electron chi connectivity index (χ3n) is 5.05. The molecule has 0 aromatic heterocycles. The van der Waals surface area contributed by atoms with Crippen LogP contribution >= 0.6 is 34.8 Å². The highest BCUT2D eigenvalue weighted by Gasteiger charge is 2.25. The Labute approximate surface area is 188 Å². The maximum absolute atomic E-state index is 11.8. The summed E-state index contributed by atoms with van der Waals surface area (Å²) in [6.07, 6.45) is 1.96. The van der Waals surface area contributed by atoms with Crippen molar-refractivity contribution >= 4 is 40.7 Å². The van der Waals surface area contributed by atoms with Gasteiger partial charge in [0.15, 0.2) is 5.75 Å². The summed E-state index contributed by atoms with van der Waals surface area (Å²) >= 11 is 18.6. The number of hydrogen-bond donors (Lipinski definition) is 0. The summed E-state index contributed by atoms with van der Waals surface area (Å²) in [6.45, 7) is 4.74. The molecule has 158 valence electrons. The summed E-state index contributed by atoms with van der Waals surface area (Å²) in [5, 5.41) is 0.989. The molecule has 0 aliphatic rings. The number of alkyl halides is 1. The van der Waals surface area contributed by atoms with Crippen molar-refractivity contribution in [3.8, 4) is 5.75 Å². The Morgan fingerprint density at radius 1 is 1.03 bits per heavy atom. The minimum atomic E-state index is -0.292. The fourth-order valence-corrected chi connectivity index (χ4v) is 3.72. The van der Waals surface area contributed by atoms with Gasteiger partial charge in [0.2, 0.25) is 5.91 Å². The molecule has 0 spiro atoms. The van der Waals surface area contributed by atoms with Gasteiger partial charge in [0.1, 0.15) is 0 Å². The van der Waals surface area contributed by atoms with E-state index in [9.17, 15) is 4.79 Å². The Hall–Kier alpha value is -1.42. The first-order valence-electron chi connectivity index (χ1n) is 9.64. The number of ether oxygens (including phenoxy) is 1. The second-order valence-corrected chi connectivity index (χ2v) is 8.96. The number of hydrogen-bond acceptors (Lipinski definition) is 2. The van der Waals surface area contributed by atoms with Gasteiger partial charge in [0.25, 0.3) is 0 Å². The molecule has 2 rings (SSSR count). The number of amides is 1. The molecule has 29 heavy (non-hydrogen) atoms. The topological polar surface area (TPSA) is 29.5 Å². The average Bonchev–Trinajstić information content (AvgIpc) is 2.68. The van der Waals surface area contributed by atoms with E-state index in [1.165, 1.54) is 0 Å². The SMILES string of the molecule is CN(C)C(=O)CCc1ccc(C(C)(C)c2cc(Cl)c(OCCCCl)c(Cl)c2)cc1. The van der Waals surface area contributed by atoms with Crippen molar-refractivity contribution in [3.63, 3.8) is 0 Å². The standard InChI is InChI=1S/C23H28Cl3NO2/c1-23(2,17-9-6-16(7-10-17)8-11-21(28)27(3)4)18-14-19(25)22(20(26)15-18)29-13-5-12-24/h6-7,9-10,14-15H,5,8,11-13H2,1-4H3. The fourth-order valence-electron chi connectivity index (χ4n) is 3.02. The molecule has 2 aromatic rings. The molecule has 0 unspecified atom stereocenters. The Bertz CT molecular complexity index is 810. The Kier molecular flexibility index (Phi) is 8.69. The van der Waals surface area contributed by atoms with Crippen molar-refractivity contribution in [1.29, 1.82) is 0 Å². The zero-order valence-electron chi connectivity index (χ0n) is 17.4. The van der Waals surface area contributed by atoms with Crippen molar-refractivity contribution in [2.75, 3.05) is 26.6 Å². The van der Waals surface area contributed by atoms with E-state index < -0.39 is 0 Å². The predicted octanol–water partition coefficient (Wildman–Crippen LogP) is 6.35. The molecule has 0 atom stereocenters. The lowest BCUT2D eigenvalue weighted by atomic mass is 9.78. The maximum Gasteiger partial charge on any atom is 0.222 e.